The smallest absolute Gasteiger partial charge is 0.423 e. The summed E-state index contributed by atoms with van der Waals surface area (Å²) < 4.78 is 25.1. The summed E-state index contributed by atoms with van der Waals surface area (Å²) in [5.41, 5.74) is 2.12. The summed E-state index contributed by atoms with van der Waals surface area (Å²) >= 11 is 5.85. The Hall–Kier alpha value is -4.17. The summed E-state index contributed by atoms with van der Waals surface area (Å²) in [6.45, 7) is 0. The highest BCUT2D eigenvalue weighted by atomic mass is 35.5. The Morgan fingerprint density at radius 3 is 1.66 bits per heavy atom. The molecular weight excluding hydrogens is 505 g/mol. The van der Waals surface area contributed by atoms with Crippen LogP contribution in [0.3, 0.4) is 0 Å². The lowest BCUT2D eigenvalue weighted by Crippen LogP contribution is -2.29. The van der Waals surface area contributed by atoms with E-state index in [1.807, 2.05) is 60.7 Å². The molecule has 0 aliphatic carbocycles. The number of rotatable bonds is 2. The van der Waals surface area contributed by atoms with Gasteiger partial charge in [-0.15, -0.1) is 0 Å². The molecule has 0 fully saturated rings. The topological polar surface area (TPSA) is 66.2 Å². The molecule has 0 saturated heterocycles. The van der Waals surface area contributed by atoms with Crippen molar-refractivity contribution in [3.8, 4) is 11.3 Å². The van der Waals surface area contributed by atoms with Crippen molar-refractivity contribution in [1.29, 1.82) is 0 Å². The van der Waals surface area contributed by atoms with Crippen LogP contribution in [0.25, 0.3) is 32.8 Å². The fourth-order valence-corrected chi connectivity index (χ4v) is 3.90. The molecule has 8 heteroatoms. The van der Waals surface area contributed by atoms with Crippen molar-refractivity contribution in [2.75, 3.05) is 0 Å². The minimum Gasteiger partial charge on any atom is -0.423 e. The predicted octanol–water partition coefficient (Wildman–Crippen LogP) is 6.43. The second-order valence-electron chi connectivity index (χ2n) is 8.14. The summed E-state index contributed by atoms with van der Waals surface area (Å²) in [6, 6.07) is 31.3. The van der Waals surface area contributed by atoms with E-state index in [4.69, 9.17) is 21.6 Å². The molecule has 188 valence electrons. The third kappa shape index (κ3) is 6.98. The summed E-state index contributed by atoms with van der Waals surface area (Å²) in [7, 11) is -1.51. The van der Waals surface area contributed by atoms with Gasteiger partial charge in [0.2, 0.25) is 0 Å². The van der Waals surface area contributed by atoms with Gasteiger partial charge in [0.1, 0.15) is 16.8 Å². The Bertz CT molecular complexity index is 1620. The van der Waals surface area contributed by atoms with E-state index in [1.165, 1.54) is 36.4 Å². The molecule has 0 amide bonds. The van der Waals surface area contributed by atoms with Gasteiger partial charge in [-0.3, -0.25) is 4.98 Å². The van der Waals surface area contributed by atoms with E-state index < -0.39 is 7.12 Å². The Balaban J connectivity index is 0.000000140. The second-order valence-corrected chi connectivity index (χ2v) is 8.49. The van der Waals surface area contributed by atoms with Crippen LogP contribution in [-0.4, -0.2) is 27.1 Å². The maximum absolute atomic E-state index is 12.9. The van der Waals surface area contributed by atoms with Crippen LogP contribution in [0.15, 0.2) is 122 Å². The minimum absolute atomic E-state index is 0.228. The number of benzene rings is 4. The van der Waals surface area contributed by atoms with E-state index in [0.717, 1.165) is 32.8 Å². The standard InChI is InChI=1S/C15H10FN.C9H6ClN.C6H6BFO2/c16-13-7-5-12(6-8-13)15-14-4-2-1-3-11(14)9-10-17-15;10-9-8-4-2-1-3-7(8)5-6-11-9;8-6-3-1-5(2-4-6)7(9)10/h1-10H;1-6H;1-4,9-10H. The fourth-order valence-electron chi connectivity index (χ4n) is 3.68. The summed E-state index contributed by atoms with van der Waals surface area (Å²) in [5, 5.41) is 22.0. The molecule has 0 aliphatic rings. The van der Waals surface area contributed by atoms with E-state index in [1.54, 1.807) is 24.5 Å². The molecular formula is C30H22BClF2N2O2. The highest BCUT2D eigenvalue weighted by Crippen LogP contribution is 2.26. The van der Waals surface area contributed by atoms with E-state index >= 15 is 0 Å². The lowest BCUT2D eigenvalue weighted by atomic mass is 9.80. The predicted molar refractivity (Wildman–Crippen MR) is 150 cm³/mol. The van der Waals surface area contributed by atoms with E-state index in [9.17, 15) is 8.78 Å². The summed E-state index contributed by atoms with van der Waals surface area (Å²) in [4.78, 5) is 8.36. The van der Waals surface area contributed by atoms with E-state index in [0.29, 0.717) is 10.6 Å². The molecule has 0 spiro atoms. The van der Waals surface area contributed by atoms with Crippen molar-refractivity contribution in [2.24, 2.45) is 0 Å². The van der Waals surface area contributed by atoms with Gasteiger partial charge >= 0.3 is 7.12 Å². The van der Waals surface area contributed by atoms with Crippen molar-refractivity contribution in [3.63, 3.8) is 0 Å². The highest BCUT2D eigenvalue weighted by molar-refractivity contribution is 6.58. The van der Waals surface area contributed by atoms with Crippen molar-refractivity contribution in [1.82, 2.24) is 9.97 Å². The maximum atomic E-state index is 12.9. The van der Waals surface area contributed by atoms with Gasteiger partial charge in [0, 0.05) is 28.7 Å². The first kappa shape index (κ1) is 26.9. The van der Waals surface area contributed by atoms with Crippen molar-refractivity contribution in [2.45, 2.75) is 0 Å². The monoisotopic (exact) mass is 526 g/mol. The first-order chi connectivity index (χ1) is 18.4. The Labute approximate surface area is 224 Å². The molecule has 4 aromatic carbocycles. The van der Waals surface area contributed by atoms with Crippen LogP contribution < -0.4 is 5.46 Å². The number of aromatic nitrogens is 2. The molecule has 0 bridgehead atoms. The largest absolute Gasteiger partial charge is 0.488 e. The molecule has 6 rings (SSSR count). The van der Waals surface area contributed by atoms with Gasteiger partial charge in [0.05, 0.1) is 5.69 Å². The number of hydrogen-bond acceptors (Lipinski definition) is 4. The van der Waals surface area contributed by atoms with Gasteiger partial charge in [0.15, 0.2) is 0 Å². The number of fused-ring (bicyclic) bond motifs is 2. The lowest BCUT2D eigenvalue weighted by molar-refractivity contribution is 0.425. The molecule has 38 heavy (non-hydrogen) atoms. The van der Waals surface area contributed by atoms with Crippen LogP contribution >= 0.6 is 11.6 Å². The average molecular weight is 527 g/mol. The van der Waals surface area contributed by atoms with Gasteiger partial charge in [-0.2, -0.15) is 0 Å². The highest BCUT2D eigenvalue weighted by Gasteiger charge is 2.09. The average Bonchev–Trinajstić information content (AvgIpc) is 2.95. The van der Waals surface area contributed by atoms with Crippen molar-refractivity contribution >= 4 is 45.7 Å². The van der Waals surface area contributed by atoms with Gasteiger partial charge in [-0.05, 0) is 64.8 Å². The number of pyridine rings is 2. The van der Waals surface area contributed by atoms with Crippen LogP contribution in [0.5, 0.6) is 0 Å². The third-order valence-corrected chi connectivity index (χ3v) is 5.89. The second kappa shape index (κ2) is 12.9. The summed E-state index contributed by atoms with van der Waals surface area (Å²) in [6.07, 6.45) is 3.49. The van der Waals surface area contributed by atoms with Crippen LogP contribution in [0.4, 0.5) is 8.78 Å². The van der Waals surface area contributed by atoms with Crippen LogP contribution in [0.2, 0.25) is 5.15 Å². The molecule has 0 unspecified atom stereocenters. The zero-order valence-corrected chi connectivity index (χ0v) is 20.8. The van der Waals surface area contributed by atoms with Gasteiger partial charge in [-0.25, -0.2) is 13.8 Å². The van der Waals surface area contributed by atoms with Gasteiger partial charge in [0.25, 0.3) is 0 Å². The normalized spacial score (nSPS) is 10.2. The molecule has 4 nitrogen and oxygen atoms in total. The first-order valence-corrected chi connectivity index (χ1v) is 12.0. The molecule has 0 atom stereocenters. The van der Waals surface area contributed by atoms with Crippen LogP contribution in [0, 0.1) is 11.6 Å². The Morgan fingerprint density at radius 1 is 0.579 bits per heavy atom. The molecule has 0 saturated carbocycles. The van der Waals surface area contributed by atoms with Crippen molar-refractivity contribution < 1.29 is 18.8 Å². The Morgan fingerprint density at radius 2 is 1.08 bits per heavy atom. The first-order valence-electron chi connectivity index (χ1n) is 11.6. The molecule has 0 aliphatic heterocycles. The number of hydrogen-bond donors (Lipinski definition) is 2. The SMILES string of the molecule is Clc1nccc2ccccc12.Fc1ccc(-c2nccc3ccccc23)cc1.OB(O)c1ccc(F)cc1. The fraction of sp³-hybridized carbons (Fsp3) is 0. The van der Waals surface area contributed by atoms with Gasteiger partial charge < -0.3 is 10.0 Å². The number of halogens is 3. The minimum atomic E-state index is -1.51. The molecule has 0 radical (unpaired) electrons. The zero-order valence-electron chi connectivity index (χ0n) is 20.0. The van der Waals surface area contributed by atoms with E-state index in [2.05, 4.69) is 9.97 Å². The van der Waals surface area contributed by atoms with Crippen molar-refractivity contribution in [3.05, 3.63) is 138 Å². The van der Waals surface area contributed by atoms with Crippen LogP contribution in [0.1, 0.15) is 0 Å². The molecule has 2 heterocycles. The third-order valence-electron chi connectivity index (χ3n) is 5.58. The molecule has 2 N–H and O–H groups in total. The number of nitrogens with zero attached hydrogens (tertiary/aromatic N) is 2. The van der Waals surface area contributed by atoms with E-state index in [-0.39, 0.29) is 11.6 Å². The quantitative estimate of drug-likeness (QED) is 0.201. The lowest BCUT2D eigenvalue weighted by Gasteiger charge is -2.05. The zero-order chi connectivity index (χ0) is 26.9. The Kier molecular flexibility index (Phi) is 9.11. The maximum Gasteiger partial charge on any atom is 0.488 e. The van der Waals surface area contributed by atoms with Gasteiger partial charge in [-0.1, -0.05) is 72.3 Å². The van der Waals surface area contributed by atoms with Crippen LogP contribution in [-0.2, 0) is 0 Å². The molecule has 2 aromatic heterocycles. The molecule has 6 aromatic rings. The summed E-state index contributed by atoms with van der Waals surface area (Å²) in [5.74, 6) is -0.613.